The third kappa shape index (κ3) is 3.66. The maximum Gasteiger partial charge on any atom is 0.262 e. The highest BCUT2D eigenvalue weighted by Crippen LogP contribution is 2.32. The molecule has 1 aromatic heterocycles. The first kappa shape index (κ1) is 16.0. The number of aryl methyl sites for hydroxylation is 2. The number of nitrogens with one attached hydrogen (secondary N) is 1. The van der Waals surface area contributed by atoms with E-state index in [1.54, 1.807) is 17.4 Å². The molecule has 1 N–H and O–H groups in total. The number of rotatable bonds is 3. The summed E-state index contributed by atoms with van der Waals surface area (Å²) in [6.07, 6.45) is 0. The van der Waals surface area contributed by atoms with Crippen LogP contribution in [0.4, 0.5) is 5.69 Å². The standard InChI is InChI=1S/C16H21NO2S2/c1-11-6-7-14(12(2)8-11)21(18,19)17-13-9-15(20-10-13)16(3,4)5/h6-10,17H,1-5H3. The van der Waals surface area contributed by atoms with Crippen molar-refractivity contribution in [3.8, 4) is 0 Å². The van der Waals surface area contributed by atoms with Gasteiger partial charge in [0.25, 0.3) is 10.0 Å². The Balaban J connectivity index is 2.31. The highest BCUT2D eigenvalue weighted by molar-refractivity contribution is 7.92. The van der Waals surface area contributed by atoms with Crippen LogP contribution in [0, 0.1) is 13.8 Å². The van der Waals surface area contributed by atoms with Crippen molar-refractivity contribution in [2.45, 2.75) is 44.9 Å². The molecular formula is C16H21NO2S2. The fraction of sp³-hybridized carbons (Fsp3) is 0.375. The fourth-order valence-corrected chi connectivity index (χ4v) is 4.37. The van der Waals surface area contributed by atoms with Crippen LogP contribution in [-0.4, -0.2) is 8.42 Å². The van der Waals surface area contributed by atoms with Crippen molar-refractivity contribution < 1.29 is 8.42 Å². The van der Waals surface area contributed by atoms with Gasteiger partial charge in [0, 0.05) is 10.3 Å². The number of benzene rings is 1. The van der Waals surface area contributed by atoms with Crippen molar-refractivity contribution in [3.63, 3.8) is 0 Å². The maximum absolute atomic E-state index is 12.5. The molecule has 0 atom stereocenters. The van der Waals surface area contributed by atoms with Gasteiger partial charge >= 0.3 is 0 Å². The highest BCUT2D eigenvalue weighted by atomic mass is 32.2. The molecule has 0 fully saturated rings. The molecule has 5 heteroatoms. The average molecular weight is 323 g/mol. The van der Waals surface area contributed by atoms with Gasteiger partial charge in [-0.05, 0) is 37.0 Å². The summed E-state index contributed by atoms with van der Waals surface area (Å²) in [4.78, 5) is 1.48. The van der Waals surface area contributed by atoms with Crippen molar-refractivity contribution in [1.82, 2.24) is 0 Å². The minimum atomic E-state index is -3.54. The van der Waals surface area contributed by atoms with E-state index in [0.717, 1.165) is 16.0 Å². The first-order chi connectivity index (χ1) is 9.59. The molecule has 0 saturated carbocycles. The summed E-state index contributed by atoms with van der Waals surface area (Å²) in [6, 6.07) is 7.26. The summed E-state index contributed by atoms with van der Waals surface area (Å²) in [5, 5.41) is 1.85. The molecule has 0 bridgehead atoms. The molecule has 21 heavy (non-hydrogen) atoms. The lowest BCUT2D eigenvalue weighted by molar-refractivity contribution is 0.599. The topological polar surface area (TPSA) is 46.2 Å². The molecular weight excluding hydrogens is 302 g/mol. The molecule has 0 spiro atoms. The molecule has 0 radical (unpaired) electrons. The summed E-state index contributed by atoms with van der Waals surface area (Å²) >= 11 is 1.57. The lowest BCUT2D eigenvalue weighted by Crippen LogP contribution is -2.14. The van der Waals surface area contributed by atoms with Crippen LogP contribution < -0.4 is 4.72 Å². The Morgan fingerprint density at radius 2 is 1.76 bits per heavy atom. The van der Waals surface area contributed by atoms with Crippen LogP contribution in [0.15, 0.2) is 34.5 Å². The number of hydrogen-bond acceptors (Lipinski definition) is 3. The molecule has 0 saturated heterocycles. The van der Waals surface area contributed by atoms with E-state index in [1.165, 1.54) is 0 Å². The van der Waals surface area contributed by atoms with Crippen molar-refractivity contribution >= 4 is 27.0 Å². The maximum atomic E-state index is 12.5. The van der Waals surface area contributed by atoms with Gasteiger partial charge < -0.3 is 0 Å². The van der Waals surface area contributed by atoms with Crippen LogP contribution in [0.2, 0.25) is 0 Å². The normalized spacial score (nSPS) is 12.4. The predicted octanol–water partition coefficient (Wildman–Crippen LogP) is 4.46. The van der Waals surface area contributed by atoms with Gasteiger partial charge in [-0.1, -0.05) is 38.5 Å². The van der Waals surface area contributed by atoms with Gasteiger partial charge in [0.1, 0.15) is 0 Å². The van der Waals surface area contributed by atoms with E-state index in [2.05, 4.69) is 25.5 Å². The molecule has 114 valence electrons. The Labute approximate surface area is 131 Å². The first-order valence-corrected chi connectivity index (χ1v) is 9.15. The third-order valence-electron chi connectivity index (χ3n) is 3.21. The summed E-state index contributed by atoms with van der Waals surface area (Å²) in [5.74, 6) is 0. The average Bonchev–Trinajstić information content (AvgIpc) is 2.75. The quantitative estimate of drug-likeness (QED) is 0.906. The van der Waals surface area contributed by atoms with Crippen LogP contribution in [0.5, 0.6) is 0 Å². The Kier molecular flexibility index (Phi) is 4.17. The Hall–Kier alpha value is -1.33. The molecule has 0 amide bonds. The van der Waals surface area contributed by atoms with Gasteiger partial charge in [-0.25, -0.2) is 8.42 Å². The van der Waals surface area contributed by atoms with Gasteiger partial charge in [-0.2, -0.15) is 0 Å². The SMILES string of the molecule is Cc1ccc(S(=O)(=O)Nc2csc(C(C)(C)C)c2)c(C)c1. The molecule has 0 aliphatic rings. The van der Waals surface area contributed by atoms with E-state index in [1.807, 2.05) is 37.4 Å². The van der Waals surface area contributed by atoms with Crippen molar-refractivity contribution in [3.05, 3.63) is 45.6 Å². The molecule has 2 aromatic rings. The summed E-state index contributed by atoms with van der Waals surface area (Å²) in [5.41, 5.74) is 2.46. The minimum Gasteiger partial charge on any atom is -0.279 e. The lowest BCUT2D eigenvalue weighted by atomic mass is 9.95. The smallest absolute Gasteiger partial charge is 0.262 e. The Morgan fingerprint density at radius 3 is 2.29 bits per heavy atom. The summed E-state index contributed by atoms with van der Waals surface area (Å²) < 4.78 is 27.6. The van der Waals surface area contributed by atoms with Crippen molar-refractivity contribution in [1.29, 1.82) is 0 Å². The van der Waals surface area contributed by atoms with Crippen LogP contribution in [0.3, 0.4) is 0 Å². The molecule has 2 rings (SSSR count). The second kappa shape index (κ2) is 5.46. The molecule has 0 aliphatic carbocycles. The summed E-state index contributed by atoms with van der Waals surface area (Å²) in [6.45, 7) is 10.1. The molecule has 0 unspecified atom stereocenters. The van der Waals surface area contributed by atoms with E-state index in [-0.39, 0.29) is 5.41 Å². The van der Waals surface area contributed by atoms with E-state index in [9.17, 15) is 8.42 Å². The number of thiophene rings is 1. The zero-order valence-electron chi connectivity index (χ0n) is 13.0. The number of sulfonamides is 1. The number of hydrogen-bond donors (Lipinski definition) is 1. The Bertz CT molecular complexity index is 753. The second-order valence-electron chi connectivity index (χ2n) is 6.32. The predicted molar refractivity (Wildman–Crippen MR) is 89.7 cm³/mol. The molecule has 1 heterocycles. The lowest BCUT2D eigenvalue weighted by Gasteiger charge is -2.15. The third-order valence-corrected chi connectivity index (χ3v) is 6.11. The molecule has 1 aromatic carbocycles. The zero-order valence-corrected chi connectivity index (χ0v) is 14.7. The second-order valence-corrected chi connectivity index (χ2v) is 8.89. The minimum absolute atomic E-state index is 0.0220. The van der Waals surface area contributed by atoms with Crippen molar-refractivity contribution in [2.75, 3.05) is 4.72 Å². The van der Waals surface area contributed by atoms with E-state index >= 15 is 0 Å². The number of anilines is 1. The zero-order chi connectivity index (χ0) is 15.8. The largest absolute Gasteiger partial charge is 0.279 e. The molecule has 3 nitrogen and oxygen atoms in total. The fourth-order valence-electron chi connectivity index (χ4n) is 2.09. The van der Waals surface area contributed by atoms with E-state index < -0.39 is 10.0 Å². The van der Waals surface area contributed by atoms with Gasteiger partial charge in [0.15, 0.2) is 0 Å². The van der Waals surface area contributed by atoms with E-state index in [0.29, 0.717) is 10.6 Å². The summed E-state index contributed by atoms with van der Waals surface area (Å²) in [7, 11) is -3.54. The van der Waals surface area contributed by atoms with Gasteiger partial charge in [-0.3, -0.25) is 4.72 Å². The van der Waals surface area contributed by atoms with Gasteiger partial charge in [0.05, 0.1) is 10.6 Å². The van der Waals surface area contributed by atoms with Crippen molar-refractivity contribution in [2.24, 2.45) is 0 Å². The highest BCUT2D eigenvalue weighted by Gasteiger charge is 2.20. The molecule has 0 aliphatic heterocycles. The first-order valence-electron chi connectivity index (χ1n) is 6.79. The van der Waals surface area contributed by atoms with Crippen LogP contribution >= 0.6 is 11.3 Å². The van der Waals surface area contributed by atoms with Crippen LogP contribution in [0.25, 0.3) is 0 Å². The van der Waals surface area contributed by atoms with Gasteiger partial charge in [-0.15, -0.1) is 11.3 Å². The van der Waals surface area contributed by atoms with Crippen LogP contribution in [0.1, 0.15) is 36.8 Å². The van der Waals surface area contributed by atoms with Gasteiger partial charge in [0.2, 0.25) is 0 Å². The van der Waals surface area contributed by atoms with Crippen LogP contribution in [-0.2, 0) is 15.4 Å². The van der Waals surface area contributed by atoms with E-state index in [4.69, 9.17) is 0 Å². The Morgan fingerprint density at radius 1 is 1.10 bits per heavy atom. The monoisotopic (exact) mass is 323 g/mol.